The van der Waals surface area contributed by atoms with E-state index in [9.17, 15) is 4.79 Å². The van der Waals surface area contributed by atoms with Crippen LogP contribution in [0.15, 0.2) is 0 Å². The Hall–Kier alpha value is -0.610. The van der Waals surface area contributed by atoms with Gasteiger partial charge in [-0.1, -0.05) is 12.8 Å². The highest BCUT2D eigenvalue weighted by Gasteiger charge is 2.38. The van der Waals surface area contributed by atoms with Gasteiger partial charge in [-0.05, 0) is 58.0 Å². The summed E-state index contributed by atoms with van der Waals surface area (Å²) in [4.78, 5) is 16.7. The second kappa shape index (κ2) is 7.59. The van der Waals surface area contributed by atoms with Crippen LogP contribution in [0.4, 0.5) is 0 Å². The number of nitrogens with zero attached hydrogens (tertiary/aromatic N) is 2. The van der Waals surface area contributed by atoms with E-state index in [4.69, 9.17) is 5.73 Å². The first-order valence-electron chi connectivity index (χ1n) is 8.86. The lowest BCUT2D eigenvalue weighted by Crippen LogP contribution is -2.49. The smallest absolute Gasteiger partial charge is 0.224 e. The standard InChI is InChI=1S/C17H33N3O/c1-3-19(4-2)16(21)13-15(14-18)20-11-9-17(10-12-20)7-5-6-8-17/h15H,3-14,18H2,1-2H3. The summed E-state index contributed by atoms with van der Waals surface area (Å²) < 4.78 is 0. The zero-order valence-electron chi connectivity index (χ0n) is 13.9. The number of carbonyl (C=O) groups is 1. The van der Waals surface area contributed by atoms with Gasteiger partial charge in [-0.15, -0.1) is 0 Å². The Morgan fingerprint density at radius 1 is 1.14 bits per heavy atom. The number of hydrogen-bond acceptors (Lipinski definition) is 3. The van der Waals surface area contributed by atoms with Gasteiger partial charge in [0.15, 0.2) is 0 Å². The topological polar surface area (TPSA) is 49.6 Å². The average molecular weight is 295 g/mol. The number of piperidine rings is 1. The lowest BCUT2D eigenvalue weighted by Gasteiger charge is -2.42. The van der Waals surface area contributed by atoms with Crippen LogP contribution >= 0.6 is 0 Å². The van der Waals surface area contributed by atoms with Crippen LogP contribution in [0, 0.1) is 5.41 Å². The van der Waals surface area contributed by atoms with Crippen molar-refractivity contribution in [2.45, 2.75) is 64.8 Å². The van der Waals surface area contributed by atoms with Crippen molar-refractivity contribution in [3.8, 4) is 0 Å². The molecule has 2 fully saturated rings. The molecule has 2 rings (SSSR count). The van der Waals surface area contributed by atoms with E-state index < -0.39 is 0 Å². The van der Waals surface area contributed by atoms with Gasteiger partial charge in [-0.25, -0.2) is 0 Å². The third-order valence-corrected chi connectivity index (χ3v) is 5.84. The third-order valence-electron chi connectivity index (χ3n) is 5.84. The van der Waals surface area contributed by atoms with Gasteiger partial charge in [0.2, 0.25) is 5.91 Å². The van der Waals surface area contributed by atoms with Crippen molar-refractivity contribution in [3.63, 3.8) is 0 Å². The molecule has 1 amide bonds. The summed E-state index contributed by atoms with van der Waals surface area (Å²) in [6, 6.07) is 0.233. The van der Waals surface area contributed by atoms with Gasteiger partial charge in [0.1, 0.15) is 0 Å². The van der Waals surface area contributed by atoms with E-state index in [1.807, 2.05) is 18.7 Å². The van der Waals surface area contributed by atoms with E-state index >= 15 is 0 Å². The summed E-state index contributed by atoms with van der Waals surface area (Å²) in [7, 11) is 0. The molecule has 2 N–H and O–H groups in total. The van der Waals surface area contributed by atoms with Crippen LogP contribution in [0.1, 0.15) is 58.8 Å². The maximum atomic E-state index is 12.3. The van der Waals surface area contributed by atoms with Gasteiger partial charge >= 0.3 is 0 Å². The normalized spacial score (nSPS) is 23.4. The van der Waals surface area contributed by atoms with Crippen molar-refractivity contribution in [2.24, 2.45) is 11.1 Å². The molecule has 1 spiro atoms. The Morgan fingerprint density at radius 3 is 2.19 bits per heavy atom. The van der Waals surface area contributed by atoms with Crippen molar-refractivity contribution in [1.82, 2.24) is 9.80 Å². The van der Waals surface area contributed by atoms with Crippen LogP contribution in [0.25, 0.3) is 0 Å². The molecular weight excluding hydrogens is 262 g/mol. The van der Waals surface area contributed by atoms with Crippen molar-refractivity contribution >= 4 is 5.91 Å². The Balaban J connectivity index is 1.86. The molecule has 0 aromatic rings. The fourth-order valence-corrected chi connectivity index (χ4v) is 4.26. The second-order valence-corrected chi connectivity index (χ2v) is 6.90. The SMILES string of the molecule is CCN(CC)C(=O)CC(CN)N1CCC2(CCCC2)CC1. The first-order valence-corrected chi connectivity index (χ1v) is 8.86. The molecule has 0 radical (unpaired) electrons. The summed E-state index contributed by atoms with van der Waals surface area (Å²) in [5, 5.41) is 0. The number of carbonyl (C=O) groups excluding carboxylic acids is 1. The fourth-order valence-electron chi connectivity index (χ4n) is 4.26. The maximum Gasteiger partial charge on any atom is 0.224 e. The van der Waals surface area contributed by atoms with E-state index in [1.165, 1.54) is 38.5 Å². The van der Waals surface area contributed by atoms with E-state index in [-0.39, 0.29) is 11.9 Å². The molecule has 1 saturated carbocycles. The molecule has 4 nitrogen and oxygen atoms in total. The molecule has 0 bridgehead atoms. The number of amides is 1. The van der Waals surface area contributed by atoms with E-state index in [0.717, 1.165) is 26.2 Å². The summed E-state index contributed by atoms with van der Waals surface area (Å²) in [5.74, 6) is 0.261. The van der Waals surface area contributed by atoms with Gasteiger partial charge in [0.05, 0.1) is 0 Å². The second-order valence-electron chi connectivity index (χ2n) is 6.90. The Labute approximate surface area is 130 Å². The highest BCUT2D eigenvalue weighted by Crippen LogP contribution is 2.46. The molecule has 122 valence electrons. The maximum absolute atomic E-state index is 12.3. The van der Waals surface area contributed by atoms with Gasteiger partial charge < -0.3 is 10.6 Å². The summed E-state index contributed by atoms with van der Waals surface area (Å²) in [6.45, 7) is 8.56. The average Bonchev–Trinajstić information content (AvgIpc) is 2.95. The molecular formula is C17H33N3O. The summed E-state index contributed by atoms with van der Waals surface area (Å²) in [6.07, 6.45) is 8.89. The van der Waals surface area contributed by atoms with Crippen molar-refractivity contribution in [2.75, 3.05) is 32.7 Å². The lowest BCUT2D eigenvalue weighted by molar-refractivity contribution is -0.132. The highest BCUT2D eigenvalue weighted by atomic mass is 16.2. The zero-order chi connectivity index (χ0) is 15.3. The molecule has 1 unspecified atom stereocenters. The molecule has 1 saturated heterocycles. The first-order chi connectivity index (χ1) is 10.1. The largest absolute Gasteiger partial charge is 0.343 e. The van der Waals surface area contributed by atoms with Crippen molar-refractivity contribution in [1.29, 1.82) is 0 Å². The molecule has 2 aliphatic rings. The van der Waals surface area contributed by atoms with Gasteiger partial charge in [0, 0.05) is 32.1 Å². The molecule has 1 aliphatic carbocycles. The molecule has 21 heavy (non-hydrogen) atoms. The minimum atomic E-state index is 0.233. The van der Waals surface area contributed by atoms with E-state index in [0.29, 0.717) is 18.4 Å². The molecule has 0 aromatic heterocycles. The van der Waals surface area contributed by atoms with Crippen LogP contribution < -0.4 is 5.73 Å². The first kappa shape index (κ1) is 16.8. The Morgan fingerprint density at radius 2 is 1.71 bits per heavy atom. The predicted molar refractivity (Wildman–Crippen MR) is 87.1 cm³/mol. The minimum Gasteiger partial charge on any atom is -0.343 e. The van der Waals surface area contributed by atoms with Crippen LogP contribution in [0.3, 0.4) is 0 Å². The summed E-state index contributed by atoms with van der Waals surface area (Å²) >= 11 is 0. The molecule has 1 atom stereocenters. The van der Waals surface area contributed by atoms with Crippen molar-refractivity contribution in [3.05, 3.63) is 0 Å². The van der Waals surface area contributed by atoms with Gasteiger partial charge in [0.25, 0.3) is 0 Å². The third kappa shape index (κ3) is 3.98. The molecule has 0 aromatic carbocycles. The Bertz CT molecular complexity index is 325. The molecule has 1 heterocycles. The zero-order valence-corrected chi connectivity index (χ0v) is 13.9. The Kier molecular flexibility index (Phi) is 6.06. The van der Waals surface area contributed by atoms with Crippen LogP contribution in [-0.2, 0) is 4.79 Å². The number of nitrogens with two attached hydrogens (primary N) is 1. The minimum absolute atomic E-state index is 0.233. The summed E-state index contributed by atoms with van der Waals surface area (Å²) in [5.41, 5.74) is 6.60. The number of likely N-dealkylation sites (tertiary alicyclic amines) is 1. The number of rotatable bonds is 6. The van der Waals surface area contributed by atoms with Crippen LogP contribution in [-0.4, -0.2) is 54.5 Å². The highest BCUT2D eigenvalue weighted by molar-refractivity contribution is 5.76. The number of hydrogen-bond donors (Lipinski definition) is 1. The van der Waals surface area contributed by atoms with E-state index in [1.54, 1.807) is 0 Å². The fraction of sp³-hybridized carbons (Fsp3) is 0.941. The monoisotopic (exact) mass is 295 g/mol. The van der Waals surface area contributed by atoms with Gasteiger partial charge in [-0.2, -0.15) is 0 Å². The van der Waals surface area contributed by atoms with Gasteiger partial charge in [-0.3, -0.25) is 9.69 Å². The quantitative estimate of drug-likeness (QED) is 0.817. The van der Waals surface area contributed by atoms with Crippen LogP contribution in [0.2, 0.25) is 0 Å². The van der Waals surface area contributed by atoms with E-state index in [2.05, 4.69) is 4.90 Å². The van der Waals surface area contributed by atoms with Crippen LogP contribution in [0.5, 0.6) is 0 Å². The molecule has 1 aliphatic heterocycles. The predicted octanol–water partition coefficient (Wildman–Crippen LogP) is 2.23. The molecule has 4 heteroatoms. The van der Waals surface area contributed by atoms with Crippen molar-refractivity contribution < 1.29 is 4.79 Å². The lowest BCUT2D eigenvalue weighted by atomic mass is 9.76.